The van der Waals surface area contributed by atoms with Crippen molar-refractivity contribution in [1.29, 1.82) is 0 Å². The third-order valence-corrected chi connectivity index (χ3v) is 8.20. The van der Waals surface area contributed by atoms with Gasteiger partial charge in [0, 0.05) is 12.3 Å². The number of thioether (sulfide) groups is 1. The molecule has 3 aromatic rings. The molecule has 0 spiro atoms. The average molecular weight is 483 g/mol. The molecule has 0 unspecified atom stereocenters. The number of anilines is 1. The van der Waals surface area contributed by atoms with Gasteiger partial charge in [-0.2, -0.15) is 11.8 Å². The van der Waals surface area contributed by atoms with Crippen LogP contribution in [-0.2, 0) is 20.6 Å². The van der Waals surface area contributed by atoms with Gasteiger partial charge in [-0.05, 0) is 67.0 Å². The van der Waals surface area contributed by atoms with Gasteiger partial charge >= 0.3 is 0 Å². The summed E-state index contributed by atoms with van der Waals surface area (Å²) < 4.78 is 27.9. The molecule has 33 heavy (non-hydrogen) atoms. The maximum Gasteiger partial charge on any atom is 0.264 e. The molecule has 174 valence electrons. The number of carbonyl (C=O) groups is 1. The van der Waals surface area contributed by atoms with Gasteiger partial charge in [0.15, 0.2) is 0 Å². The molecule has 0 fully saturated rings. The maximum absolute atomic E-state index is 13.4. The molecule has 1 N–H and O–H groups in total. The Balaban J connectivity index is 1.61. The fourth-order valence-corrected chi connectivity index (χ4v) is 5.62. The number of sulfonamides is 1. The van der Waals surface area contributed by atoms with Gasteiger partial charge in [0.05, 0.1) is 10.6 Å². The Morgan fingerprint density at radius 1 is 0.909 bits per heavy atom. The SMILES string of the molecule is Cc1ccc(N(CC(=O)NCCCSCc2ccccc2)S(=O)(=O)c2ccccc2)cc1C. The summed E-state index contributed by atoms with van der Waals surface area (Å²) in [5.41, 5.74) is 3.79. The third kappa shape index (κ3) is 7.11. The van der Waals surface area contributed by atoms with Crippen LogP contribution < -0.4 is 9.62 Å². The largest absolute Gasteiger partial charge is 0.354 e. The normalized spacial score (nSPS) is 11.2. The average Bonchev–Trinajstić information content (AvgIpc) is 2.83. The van der Waals surface area contributed by atoms with Crippen LogP contribution in [0.5, 0.6) is 0 Å². The minimum atomic E-state index is -3.88. The second-order valence-electron chi connectivity index (χ2n) is 7.83. The zero-order valence-electron chi connectivity index (χ0n) is 19.0. The summed E-state index contributed by atoms with van der Waals surface area (Å²) in [5, 5.41) is 2.87. The van der Waals surface area contributed by atoms with E-state index >= 15 is 0 Å². The van der Waals surface area contributed by atoms with Crippen molar-refractivity contribution in [2.75, 3.05) is 23.1 Å². The molecule has 0 aliphatic carbocycles. The number of nitrogens with one attached hydrogen (secondary N) is 1. The lowest BCUT2D eigenvalue weighted by molar-refractivity contribution is -0.119. The quantitative estimate of drug-likeness (QED) is 0.393. The summed E-state index contributed by atoms with van der Waals surface area (Å²) in [7, 11) is -3.88. The van der Waals surface area contributed by atoms with Gasteiger partial charge in [-0.25, -0.2) is 8.42 Å². The van der Waals surface area contributed by atoms with Gasteiger partial charge in [-0.3, -0.25) is 9.10 Å². The Labute approximate surface area is 201 Å². The lowest BCUT2D eigenvalue weighted by Crippen LogP contribution is -2.41. The van der Waals surface area contributed by atoms with Crippen molar-refractivity contribution in [3.8, 4) is 0 Å². The fraction of sp³-hybridized carbons (Fsp3) is 0.269. The van der Waals surface area contributed by atoms with Gasteiger partial charge in [-0.1, -0.05) is 54.6 Å². The van der Waals surface area contributed by atoms with E-state index in [1.807, 2.05) is 55.9 Å². The highest BCUT2D eigenvalue weighted by molar-refractivity contribution is 7.98. The molecule has 0 heterocycles. The Kier molecular flexibility index (Phi) is 8.97. The zero-order chi connectivity index (χ0) is 23.7. The molecule has 0 aliphatic heterocycles. The maximum atomic E-state index is 13.4. The lowest BCUT2D eigenvalue weighted by Gasteiger charge is -2.25. The van der Waals surface area contributed by atoms with Crippen LogP contribution in [-0.4, -0.2) is 33.2 Å². The molecule has 3 aromatic carbocycles. The number of nitrogens with zero attached hydrogens (tertiary/aromatic N) is 1. The van der Waals surface area contributed by atoms with E-state index < -0.39 is 10.0 Å². The first-order valence-corrected chi connectivity index (χ1v) is 13.5. The number of hydrogen-bond acceptors (Lipinski definition) is 4. The minimum Gasteiger partial charge on any atom is -0.354 e. The molecule has 0 aromatic heterocycles. The van der Waals surface area contributed by atoms with Crippen molar-refractivity contribution in [1.82, 2.24) is 5.32 Å². The predicted octanol–water partition coefficient (Wildman–Crippen LogP) is 4.94. The van der Waals surface area contributed by atoms with Gasteiger partial charge in [-0.15, -0.1) is 0 Å². The summed E-state index contributed by atoms with van der Waals surface area (Å²) in [4.78, 5) is 12.8. The van der Waals surface area contributed by atoms with E-state index in [0.29, 0.717) is 12.2 Å². The van der Waals surface area contributed by atoms with Crippen molar-refractivity contribution in [2.24, 2.45) is 0 Å². The van der Waals surface area contributed by atoms with Crippen molar-refractivity contribution in [2.45, 2.75) is 30.9 Å². The molecular weight excluding hydrogens is 452 g/mol. The first kappa shape index (κ1) is 24.9. The number of hydrogen-bond donors (Lipinski definition) is 1. The molecule has 7 heteroatoms. The summed E-state index contributed by atoms with van der Waals surface area (Å²) in [6, 6.07) is 23.9. The smallest absolute Gasteiger partial charge is 0.264 e. The van der Waals surface area contributed by atoms with Gasteiger partial charge < -0.3 is 5.32 Å². The Hall–Kier alpha value is -2.77. The third-order valence-electron chi connectivity index (χ3n) is 5.30. The predicted molar refractivity (Wildman–Crippen MR) is 137 cm³/mol. The second-order valence-corrected chi connectivity index (χ2v) is 10.8. The van der Waals surface area contributed by atoms with E-state index in [1.165, 1.54) is 9.87 Å². The van der Waals surface area contributed by atoms with E-state index in [-0.39, 0.29) is 17.3 Å². The topological polar surface area (TPSA) is 66.5 Å². The number of carbonyl (C=O) groups excluding carboxylic acids is 1. The molecular formula is C26H30N2O3S2. The van der Waals surface area contributed by atoms with Crippen molar-refractivity contribution < 1.29 is 13.2 Å². The Morgan fingerprint density at radius 3 is 2.24 bits per heavy atom. The van der Waals surface area contributed by atoms with Crippen LogP contribution in [0.25, 0.3) is 0 Å². The fourth-order valence-electron chi connectivity index (χ4n) is 3.27. The van der Waals surface area contributed by atoms with Gasteiger partial charge in [0.2, 0.25) is 5.91 Å². The highest BCUT2D eigenvalue weighted by Gasteiger charge is 2.27. The molecule has 0 radical (unpaired) electrons. The number of rotatable bonds is 11. The monoisotopic (exact) mass is 482 g/mol. The molecule has 0 atom stereocenters. The molecule has 1 amide bonds. The summed E-state index contributed by atoms with van der Waals surface area (Å²) in [6.45, 7) is 4.14. The van der Waals surface area contributed by atoms with Crippen molar-refractivity contribution in [3.63, 3.8) is 0 Å². The highest BCUT2D eigenvalue weighted by atomic mass is 32.2. The van der Waals surface area contributed by atoms with E-state index in [1.54, 1.807) is 36.4 Å². The summed E-state index contributed by atoms with van der Waals surface area (Å²) in [6.07, 6.45) is 0.818. The van der Waals surface area contributed by atoms with Gasteiger partial charge in [0.1, 0.15) is 6.54 Å². The summed E-state index contributed by atoms with van der Waals surface area (Å²) in [5.74, 6) is 1.53. The Bertz CT molecular complexity index is 1150. The van der Waals surface area contributed by atoms with Crippen molar-refractivity contribution >= 4 is 33.4 Å². The lowest BCUT2D eigenvalue weighted by atomic mass is 10.1. The molecule has 0 saturated heterocycles. The van der Waals surface area contributed by atoms with Crippen LogP contribution in [0.3, 0.4) is 0 Å². The summed E-state index contributed by atoms with van der Waals surface area (Å²) >= 11 is 1.82. The molecule has 0 saturated carbocycles. The molecule has 3 rings (SSSR count). The van der Waals surface area contributed by atoms with E-state index in [4.69, 9.17) is 0 Å². The molecule has 0 bridgehead atoms. The van der Waals surface area contributed by atoms with Crippen LogP contribution in [0.4, 0.5) is 5.69 Å². The number of aryl methyl sites for hydroxylation is 2. The van der Waals surface area contributed by atoms with Crippen LogP contribution >= 0.6 is 11.8 Å². The molecule has 0 aliphatic rings. The van der Waals surface area contributed by atoms with Crippen LogP contribution in [0.2, 0.25) is 0 Å². The first-order valence-electron chi connectivity index (χ1n) is 10.9. The van der Waals surface area contributed by atoms with E-state index in [9.17, 15) is 13.2 Å². The zero-order valence-corrected chi connectivity index (χ0v) is 20.7. The van der Waals surface area contributed by atoms with E-state index in [2.05, 4.69) is 17.4 Å². The minimum absolute atomic E-state index is 0.161. The molecule has 5 nitrogen and oxygen atoms in total. The number of benzene rings is 3. The van der Waals surface area contributed by atoms with E-state index in [0.717, 1.165) is 29.1 Å². The Morgan fingerprint density at radius 2 is 1.58 bits per heavy atom. The second kappa shape index (κ2) is 11.9. The van der Waals surface area contributed by atoms with Crippen LogP contribution in [0.1, 0.15) is 23.1 Å². The van der Waals surface area contributed by atoms with Gasteiger partial charge in [0.25, 0.3) is 10.0 Å². The van der Waals surface area contributed by atoms with Crippen molar-refractivity contribution in [3.05, 3.63) is 95.6 Å². The first-order chi connectivity index (χ1) is 15.9. The standard InChI is InChI=1S/C26H30N2O3S2/c1-21-14-15-24(18-22(21)2)28(33(30,31)25-12-7-4-8-13-25)19-26(29)27-16-9-17-32-20-23-10-5-3-6-11-23/h3-8,10-15,18H,9,16-17,19-20H2,1-2H3,(H,27,29). The van der Waals surface area contributed by atoms with Crippen LogP contribution in [0, 0.1) is 13.8 Å². The highest BCUT2D eigenvalue weighted by Crippen LogP contribution is 2.25. The van der Waals surface area contributed by atoms with Crippen LogP contribution in [0.15, 0.2) is 83.8 Å². The number of amides is 1.